The first kappa shape index (κ1) is 26.6. The van der Waals surface area contributed by atoms with Crippen LogP contribution in [-0.2, 0) is 4.79 Å². The van der Waals surface area contributed by atoms with Gasteiger partial charge in [0.1, 0.15) is 11.8 Å². The number of fused-ring (bicyclic) bond motifs is 1. The van der Waals surface area contributed by atoms with Crippen molar-refractivity contribution >= 4 is 49.8 Å². The van der Waals surface area contributed by atoms with Crippen LogP contribution in [0.15, 0.2) is 53.3 Å². The molecule has 2 heterocycles. The first-order valence-corrected chi connectivity index (χ1v) is 13.7. The summed E-state index contributed by atoms with van der Waals surface area (Å²) in [6, 6.07) is 14.0. The molecular formula is C29H31BrN8O. The molecule has 1 aliphatic rings. The molecule has 2 aromatic carbocycles. The summed E-state index contributed by atoms with van der Waals surface area (Å²) in [6.07, 6.45) is 5.81. The molecule has 0 aliphatic heterocycles. The highest BCUT2D eigenvalue weighted by atomic mass is 79.9. The Bertz CT molecular complexity index is 1580. The zero-order valence-electron chi connectivity index (χ0n) is 22.4. The molecular weight excluding hydrogens is 556 g/mol. The van der Waals surface area contributed by atoms with Crippen molar-refractivity contribution in [1.29, 1.82) is 5.26 Å². The summed E-state index contributed by atoms with van der Waals surface area (Å²) in [7, 11) is 0. The third kappa shape index (κ3) is 6.20. The minimum atomic E-state index is -0.339. The number of nitrogens with zero attached hydrogens (tertiary/aromatic N) is 5. The quantitative estimate of drug-likeness (QED) is 0.218. The monoisotopic (exact) mass is 586 g/mol. The maximum Gasteiger partial charge on any atom is 0.221 e. The van der Waals surface area contributed by atoms with E-state index in [4.69, 9.17) is 0 Å². The molecule has 1 amide bonds. The van der Waals surface area contributed by atoms with E-state index < -0.39 is 0 Å². The Morgan fingerprint density at radius 1 is 1.23 bits per heavy atom. The van der Waals surface area contributed by atoms with Gasteiger partial charge in [-0.3, -0.25) is 9.78 Å². The van der Waals surface area contributed by atoms with Gasteiger partial charge in [-0.15, -0.1) is 5.10 Å². The molecule has 0 unspecified atom stereocenters. The van der Waals surface area contributed by atoms with E-state index in [1.165, 1.54) is 6.92 Å². The summed E-state index contributed by atoms with van der Waals surface area (Å²) in [5, 5.41) is 29.5. The molecule has 4 aromatic rings. The Labute approximate surface area is 236 Å². The van der Waals surface area contributed by atoms with Crippen molar-refractivity contribution in [3.05, 3.63) is 70.1 Å². The average Bonchev–Trinajstić information content (AvgIpc) is 3.62. The fraction of sp³-hybridized carbons (Fsp3) is 0.345. The molecule has 2 aromatic heterocycles. The number of anilines is 3. The fourth-order valence-corrected chi connectivity index (χ4v) is 4.97. The molecule has 0 spiro atoms. The topological polar surface area (TPSA) is 121 Å². The number of aromatic nitrogens is 4. The highest BCUT2D eigenvalue weighted by Crippen LogP contribution is 2.38. The van der Waals surface area contributed by atoms with Crippen LogP contribution in [0.1, 0.15) is 69.4 Å². The van der Waals surface area contributed by atoms with Gasteiger partial charge in [0.05, 0.1) is 35.0 Å². The largest absolute Gasteiger partial charge is 0.383 e. The Kier molecular flexibility index (Phi) is 7.28. The minimum absolute atomic E-state index is 0.0206. The van der Waals surface area contributed by atoms with Gasteiger partial charge in [0, 0.05) is 40.9 Å². The minimum Gasteiger partial charge on any atom is -0.383 e. The smallest absolute Gasteiger partial charge is 0.221 e. The van der Waals surface area contributed by atoms with Crippen LogP contribution in [0.3, 0.4) is 0 Å². The third-order valence-corrected chi connectivity index (χ3v) is 7.04. The van der Waals surface area contributed by atoms with Crippen molar-refractivity contribution in [2.75, 3.05) is 22.5 Å². The summed E-state index contributed by atoms with van der Waals surface area (Å²) >= 11 is 3.70. The number of carbonyl (C=O) groups is 1. The number of hydrogen-bond acceptors (Lipinski definition) is 7. The first-order valence-electron chi connectivity index (χ1n) is 12.9. The molecule has 200 valence electrons. The number of benzene rings is 2. The van der Waals surface area contributed by atoms with Crippen LogP contribution in [-0.4, -0.2) is 32.4 Å². The molecule has 1 fully saturated rings. The Hall–Kier alpha value is -3.97. The summed E-state index contributed by atoms with van der Waals surface area (Å²) < 4.78 is 2.73. The van der Waals surface area contributed by atoms with E-state index in [9.17, 15) is 10.1 Å². The van der Waals surface area contributed by atoms with Gasteiger partial charge in [0.15, 0.2) is 0 Å². The van der Waals surface area contributed by atoms with Crippen molar-refractivity contribution in [2.24, 2.45) is 5.41 Å². The van der Waals surface area contributed by atoms with Crippen LogP contribution in [0.5, 0.6) is 0 Å². The van der Waals surface area contributed by atoms with Crippen LogP contribution in [0, 0.1) is 16.7 Å². The molecule has 1 saturated carbocycles. The summed E-state index contributed by atoms with van der Waals surface area (Å²) in [5.41, 5.74) is 5.25. The predicted molar refractivity (Wildman–Crippen MR) is 157 cm³/mol. The van der Waals surface area contributed by atoms with Crippen LogP contribution in [0.4, 0.5) is 17.1 Å². The van der Waals surface area contributed by atoms with Gasteiger partial charge in [0.25, 0.3) is 0 Å². The van der Waals surface area contributed by atoms with E-state index in [-0.39, 0.29) is 17.4 Å². The molecule has 5 rings (SSSR count). The number of amides is 1. The van der Waals surface area contributed by atoms with Gasteiger partial charge in [-0.1, -0.05) is 38.1 Å². The zero-order valence-corrected chi connectivity index (χ0v) is 24.0. The molecule has 3 N–H and O–H groups in total. The van der Waals surface area contributed by atoms with Crippen molar-refractivity contribution in [3.63, 3.8) is 0 Å². The Balaban J connectivity index is 1.58. The number of rotatable bonds is 8. The van der Waals surface area contributed by atoms with Gasteiger partial charge in [-0.25, -0.2) is 4.68 Å². The van der Waals surface area contributed by atoms with E-state index in [0.29, 0.717) is 23.8 Å². The second kappa shape index (κ2) is 10.7. The zero-order chi connectivity index (χ0) is 27.7. The predicted octanol–water partition coefficient (Wildman–Crippen LogP) is 6.41. The normalized spacial score (nSPS) is 14.1. The van der Waals surface area contributed by atoms with Gasteiger partial charge in [0.2, 0.25) is 5.91 Å². The molecule has 10 heteroatoms. The van der Waals surface area contributed by atoms with E-state index >= 15 is 0 Å². The average molecular weight is 588 g/mol. The summed E-state index contributed by atoms with van der Waals surface area (Å²) in [5.74, 6) is -0.133. The first-order chi connectivity index (χ1) is 18.6. The number of halogens is 1. The molecule has 39 heavy (non-hydrogen) atoms. The Morgan fingerprint density at radius 2 is 2.03 bits per heavy atom. The molecule has 0 radical (unpaired) electrons. The van der Waals surface area contributed by atoms with Gasteiger partial charge in [-0.2, -0.15) is 5.26 Å². The summed E-state index contributed by atoms with van der Waals surface area (Å²) in [6.45, 7) is 8.62. The van der Waals surface area contributed by atoms with Gasteiger partial charge < -0.3 is 16.0 Å². The highest BCUT2D eigenvalue weighted by Gasteiger charge is 2.27. The lowest BCUT2D eigenvalue weighted by Crippen LogP contribution is -2.20. The number of nitriles is 1. The lowest BCUT2D eigenvalue weighted by atomic mass is 9.96. The standard InChI is InChI=1S/C29H31BrN8O/c1-17(39)34-20-7-5-6-18(10-20)27(25-15-38(37-36-25)22-8-9-22)35-21-11-23-26(33-16-29(2,3)4)19(13-31)14-32-28(23)24(30)12-21/h5-7,10-12,14-15,22,27,35H,8-9,16H2,1-4H3,(H,32,33)(H,34,39)/t27-/m0/s1. The van der Waals surface area contributed by atoms with E-state index in [1.54, 1.807) is 6.20 Å². The molecule has 1 atom stereocenters. The van der Waals surface area contributed by atoms with Crippen molar-refractivity contribution in [2.45, 2.75) is 52.6 Å². The number of pyridine rings is 1. The van der Waals surface area contributed by atoms with Crippen LogP contribution in [0.2, 0.25) is 0 Å². The van der Waals surface area contributed by atoms with Crippen molar-refractivity contribution < 1.29 is 4.79 Å². The van der Waals surface area contributed by atoms with Crippen molar-refractivity contribution in [1.82, 2.24) is 20.0 Å². The maximum atomic E-state index is 11.7. The third-order valence-electron chi connectivity index (χ3n) is 6.44. The highest BCUT2D eigenvalue weighted by molar-refractivity contribution is 9.10. The molecule has 9 nitrogen and oxygen atoms in total. The number of carbonyl (C=O) groups excluding carboxylic acids is 1. The molecule has 0 saturated heterocycles. The number of nitrogens with one attached hydrogen (secondary N) is 3. The van der Waals surface area contributed by atoms with Crippen LogP contribution in [0.25, 0.3) is 10.9 Å². The second-order valence-corrected chi connectivity index (χ2v) is 12.0. The number of hydrogen-bond donors (Lipinski definition) is 3. The van der Waals surface area contributed by atoms with Gasteiger partial charge in [-0.05, 0) is 64.0 Å². The van der Waals surface area contributed by atoms with Crippen LogP contribution >= 0.6 is 15.9 Å². The van der Waals surface area contributed by atoms with Crippen LogP contribution < -0.4 is 16.0 Å². The lowest BCUT2D eigenvalue weighted by molar-refractivity contribution is -0.114. The molecule has 0 bridgehead atoms. The second-order valence-electron chi connectivity index (χ2n) is 11.2. The van der Waals surface area contributed by atoms with Crippen molar-refractivity contribution in [3.8, 4) is 6.07 Å². The molecule has 1 aliphatic carbocycles. The SMILES string of the molecule is CC(=O)Nc1cccc([C@H](Nc2cc(Br)c3ncc(C#N)c(NCC(C)(C)C)c3c2)c2cn(C3CC3)nn2)c1. The maximum absolute atomic E-state index is 11.7. The Morgan fingerprint density at radius 3 is 2.72 bits per heavy atom. The van der Waals surface area contributed by atoms with E-state index in [1.807, 2.05) is 47.3 Å². The fourth-order valence-electron chi connectivity index (χ4n) is 4.41. The lowest BCUT2D eigenvalue weighted by Gasteiger charge is -2.22. The van der Waals surface area contributed by atoms with E-state index in [0.717, 1.165) is 50.8 Å². The van der Waals surface area contributed by atoms with Gasteiger partial charge >= 0.3 is 0 Å². The van der Waals surface area contributed by atoms with E-state index in [2.05, 4.69) is 74.0 Å². The summed E-state index contributed by atoms with van der Waals surface area (Å²) in [4.78, 5) is 16.3.